The third-order valence-corrected chi connectivity index (χ3v) is 16.0. The van der Waals surface area contributed by atoms with E-state index in [1.54, 1.807) is 0 Å². The minimum Gasteiger partial charge on any atom is -0.499 e. The highest BCUT2D eigenvalue weighted by Gasteiger charge is 2.38. The number of nitrogens with one attached hydrogen (secondary N) is 1. The quantitative estimate of drug-likeness (QED) is 0.0521. The van der Waals surface area contributed by atoms with E-state index in [9.17, 15) is 4.79 Å². The number of halogens is 1. The zero-order valence-corrected chi connectivity index (χ0v) is 47.0. The van der Waals surface area contributed by atoms with Gasteiger partial charge in [-0.2, -0.15) is 0 Å². The number of nitrogens with zero attached hydrogens (tertiary/aromatic N) is 4. The first-order chi connectivity index (χ1) is 33.7. The van der Waals surface area contributed by atoms with Gasteiger partial charge in [0, 0.05) is 61.6 Å². The Balaban J connectivity index is 0.000000231. The first-order valence-electron chi connectivity index (χ1n) is 26.9. The highest BCUT2D eigenvalue weighted by atomic mass is 79.9. The lowest BCUT2D eigenvalue weighted by atomic mass is 9.63. The lowest BCUT2D eigenvalue weighted by Crippen LogP contribution is -2.46. The molecule has 2 fully saturated rings. The number of allylic oxidation sites excluding steroid dienone is 1. The predicted octanol–water partition coefficient (Wildman–Crippen LogP) is 14.4. The summed E-state index contributed by atoms with van der Waals surface area (Å²) < 4.78 is 10.2. The number of nitrogens with two attached hydrogens (primary N) is 1. The summed E-state index contributed by atoms with van der Waals surface area (Å²) in [6, 6.07) is 27.7. The van der Waals surface area contributed by atoms with Crippen molar-refractivity contribution in [2.45, 2.75) is 187 Å². The molecule has 4 aliphatic rings. The summed E-state index contributed by atoms with van der Waals surface area (Å²) >= 11 is 3.28. The number of anilines is 2. The van der Waals surface area contributed by atoms with Gasteiger partial charge in [0.05, 0.1) is 30.4 Å². The fraction of sp³-hybridized carbons (Fsp3) is 0.597. The number of fused-ring (bicyclic) bond motifs is 2. The first kappa shape index (κ1) is 58.6. The molecule has 2 atom stereocenters. The van der Waals surface area contributed by atoms with Crippen LogP contribution in [0.3, 0.4) is 0 Å². The molecule has 0 bridgehead atoms. The summed E-state index contributed by atoms with van der Waals surface area (Å²) in [7, 11) is 0. The number of unbranched alkanes of at least 4 members (excludes halogenated alkanes) is 2. The van der Waals surface area contributed by atoms with Crippen molar-refractivity contribution in [2.75, 3.05) is 61.1 Å². The van der Waals surface area contributed by atoms with Crippen LogP contribution in [0.1, 0.15) is 176 Å². The van der Waals surface area contributed by atoms with E-state index < -0.39 is 0 Å². The summed E-state index contributed by atoms with van der Waals surface area (Å²) in [6.45, 7) is 32.6. The minimum absolute atomic E-state index is 0. The summed E-state index contributed by atoms with van der Waals surface area (Å²) in [5.74, 6) is 2.77. The average molecular weight is 1050 g/mol. The average Bonchev–Trinajstić information content (AvgIpc) is 3.35. The maximum Gasteiger partial charge on any atom is 0.302 e. The number of carbonyl (C=O) groups excluding carboxylic acids is 1. The van der Waals surface area contributed by atoms with Crippen molar-refractivity contribution in [1.29, 1.82) is 0 Å². The molecule has 2 aliphatic carbocycles. The number of rotatable bonds is 15. The molecular weight excluding hydrogens is 957 g/mol. The van der Waals surface area contributed by atoms with Crippen LogP contribution in [0.5, 0.6) is 0 Å². The molecule has 2 saturated heterocycles. The van der Waals surface area contributed by atoms with Crippen molar-refractivity contribution in [3.8, 4) is 22.5 Å². The van der Waals surface area contributed by atoms with Crippen molar-refractivity contribution in [3.63, 3.8) is 0 Å². The molecular formula is C62H93BrN6O3. The number of hydrogen-bond donors (Lipinski definition) is 2. The molecule has 0 amide bonds. The molecule has 0 saturated carbocycles. The third-order valence-electron chi connectivity index (χ3n) is 15.5. The van der Waals surface area contributed by atoms with Crippen LogP contribution in [0.15, 0.2) is 85.1 Å². The van der Waals surface area contributed by atoms with E-state index in [1.807, 2.05) is 6.92 Å². The molecule has 4 aromatic rings. The van der Waals surface area contributed by atoms with Crippen molar-refractivity contribution in [2.24, 2.45) is 5.73 Å². The van der Waals surface area contributed by atoms with Crippen molar-refractivity contribution >= 4 is 33.5 Å². The predicted molar refractivity (Wildman–Crippen MR) is 309 cm³/mol. The smallest absolute Gasteiger partial charge is 0.302 e. The third kappa shape index (κ3) is 16.1. The van der Waals surface area contributed by atoms with Gasteiger partial charge in [0.25, 0.3) is 0 Å². The number of carbonyl (C=O) groups is 1. The number of piperidine rings is 2. The second kappa shape index (κ2) is 26.3. The monoisotopic (exact) mass is 1050 g/mol. The van der Waals surface area contributed by atoms with Gasteiger partial charge in [0.2, 0.25) is 0 Å². The highest BCUT2D eigenvalue weighted by Crippen LogP contribution is 2.48. The molecule has 4 heterocycles. The maximum atomic E-state index is 10.2. The molecule has 2 unspecified atom stereocenters. The Morgan fingerprint density at radius 2 is 1.14 bits per heavy atom. The molecule has 72 heavy (non-hydrogen) atoms. The van der Waals surface area contributed by atoms with E-state index in [4.69, 9.17) is 20.4 Å². The van der Waals surface area contributed by atoms with Gasteiger partial charge in [-0.1, -0.05) is 122 Å². The van der Waals surface area contributed by atoms with E-state index in [2.05, 4.69) is 171 Å². The maximum absolute atomic E-state index is 10.2. The van der Waals surface area contributed by atoms with Crippen molar-refractivity contribution in [3.05, 3.63) is 107 Å². The largest absolute Gasteiger partial charge is 0.499 e. The second-order valence-electron chi connectivity index (χ2n) is 23.4. The number of hydrogen-bond acceptors (Lipinski definition) is 9. The number of ether oxygens (including phenoxy) is 2. The van der Waals surface area contributed by atoms with Gasteiger partial charge >= 0.3 is 5.97 Å². The SMILES string of the molecule is C.C=C(C)OCCCCNC1CCCN(c2cccc(-c3ccc4c(c3)C(C)(C)CCC4(C)C)n2)C1.CC(=O)OCCCCBr.CC1(C)CCC(C)(C)c2cc(-c3cccc(N4CCCC(N)C4)n3)ccc21. The fourth-order valence-electron chi connectivity index (χ4n) is 10.8. The molecule has 8 rings (SSSR count). The van der Waals surface area contributed by atoms with E-state index in [-0.39, 0.29) is 41.1 Å². The number of benzene rings is 2. The zero-order chi connectivity index (χ0) is 51.4. The fourth-order valence-corrected chi connectivity index (χ4v) is 11.2. The normalized spacial score (nSPS) is 20.2. The molecule has 10 heteroatoms. The van der Waals surface area contributed by atoms with Crippen LogP contribution in [-0.4, -0.2) is 79.3 Å². The van der Waals surface area contributed by atoms with E-state index in [0.717, 1.165) is 112 Å². The van der Waals surface area contributed by atoms with Crippen LogP contribution in [0.2, 0.25) is 0 Å². The van der Waals surface area contributed by atoms with Crippen molar-refractivity contribution in [1.82, 2.24) is 15.3 Å². The molecule has 2 aromatic heterocycles. The van der Waals surface area contributed by atoms with Gasteiger partial charge in [-0.15, -0.1) is 0 Å². The van der Waals surface area contributed by atoms with Gasteiger partial charge < -0.3 is 30.3 Å². The lowest BCUT2D eigenvalue weighted by Gasteiger charge is -2.42. The van der Waals surface area contributed by atoms with Crippen LogP contribution >= 0.6 is 15.9 Å². The Kier molecular flexibility index (Phi) is 21.4. The van der Waals surface area contributed by atoms with Crippen LogP contribution in [0.25, 0.3) is 22.5 Å². The Morgan fingerprint density at radius 3 is 1.62 bits per heavy atom. The van der Waals surface area contributed by atoms with Gasteiger partial charge in [-0.25, -0.2) is 9.97 Å². The summed E-state index contributed by atoms with van der Waals surface area (Å²) in [6.07, 6.45) is 13.8. The van der Waals surface area contributed by atoms with E-state index in [1.165, 1.54) is 78.8 Å². The molecule has 396 valence electrons. The number of pyridine rings is 2. The standard InChI is InChI=1S/C31H45N3O.C24H33N3.C6H11BrO2.CH4/c1-23(2)35-20-8-7-18-32-25-11-10-19-34(22-25)29-13-9-12-28(33-29)24-14-15-26-27(21-24)31(5,6)17-16-30(26,3)4;1-23(2)12-13-24(3,4)20-15-17(10-11-19(20)23)21-8-5-9-22(26-21)27-14-6-7-18(25)16-27;1-6(8)9-5-3-2-4-7;/h9,12-15,21,25,32H,1,7-8,10-11,16-20,22H2,2-6H3;5,8-11,15,18H,6-7,12-14,16,25H2,1-4H3;2-5H2,1H3;1H4. The first-order valence-corrected chi connectivity index (χ1v) is 28.0. The van der Waals surface area contributed by atoms with Crippen LogP contribution < -0.4 is 20.9 Å². The number of aromatic nitrogens is 2. The number of esters is 1. The van der Waals surface area contributed by atoms with E-state index in [0.29, 0.717) is 12.6 Å². The molecule has 2 aliphatic heterocycles. The zero-order valence-electron chi connectivity index (χ0n) is 45.4. The van der Waals surface area contributed by atoms with Crippen LogP contribution in [0, 0.1) is 0 Å². The molecule has 3 N–H and O–H groups in total. The molecule has 2 aromatic carbocycles. The highest BCUT2D eigenvalue weighted by molar-refractivity contribution is 9.09. The topological polar surface area (TPSA) is 106 Å². The molecule has 0 radical (unpaired) electrons. The Labute approximate surface area is 445 Å². The Hall–Kier alpha value is -4.25. The van der Waals surface area contributed by atoms with Gasteiger partial charge in [-0.3, -0.25) is 4.79 Å². The van der Waals surface area contributed by atoms with Gasteiger partial charge in [0.1, 0.15) is 11.6 Å². The van der Waals surface area contributed by atoms with Gasteiger partial charge in [0.15, 0.2) is 0 Å². The summed E-state index contributed by atoms with van der Waals surface area (Å²) in [5, 5.41) is 4.74. The minimum atomic E-state index is -0.190. The molecule has 0 spiro atoms. The Morgan fingerprint density at radius 1 is 0.667 bits per heavy atom. The molecule has 9 nitrogen and oxygen atoms in total. The van der Waals surface area contributed by atoms with Gasteiger partial charge in [-0.05, 0) is 171 Å². The van der Waals surface area contributed by atoms with Crippen molar-refractivity contribution < 1.29 is 14.3 Å². The van der Waals surface area contributed by atoms with Crippen LogP contribution in [-0.2, 0) is 35.9 Å². The lowest BCUT2D eigenvalue weighted by molar-refractivity contribution is -0.141. The second-order valence-corrected chi connectivity index (χ2v) is 24.2. The van der Waals surface area contributed by atoms with E-state index >= 15 is 0 Å². The number of alkyl halides is 1. The Bertz CT molecular complexity index is 2380. The summed E-state index contributed by atoms with van der Waals surface area (Å²) in [4.78, 5) is 25.1. The summed E-state index contributed by atoms with van der Waals surface area (Å²) in [5.41, 5.74) is 17.7. The van der Waals surface area contributed by atoms with Crippen LogP contribution in [0.4, 0.5) is 11.6 Å².